The van der Waals surface area contributed by atoms with Gasteiger partial charge in [0.15, 0.2) is 5.82 Å². The lowest BCUT2D eigenvalue weighted by molar-refractivity contribution is -0.130. The second-order valence-corrected chi connectivity index (χ2v) is 14.2. The molecule has 3 amide bonds. The van der Waals surface area contributed by atoms with Crippen molar-refractivity contribution in [2.75, 3.05) is 116 Å². The lowest BCUT2D eigenvalue weighted by atomic mass is 9.89. The van der Waals surface area contributed by atoms with Crippen LogP contribution in [0, 0.1) is 5.82 Å². The number of likely N-dealkylation sites (N-methyl/N-ethyl adjacent to an activating group) is 1. The van der Waals surface area contributed by atoms with Gasteiger partial charge in [0, 0.05) is 77.2 Å². The number of nitrogens with zero attached hydrogens (tertiary/aromatic N) is 5. The van der Waals surface area contributed by atoms with Crippen LogP contribution in [0.3, 0.4) is 0 Å². The van der Waals surface area contributed by atoms with E-state index in [4.69, 9.17) is 35.5 Å². The predicted octanol–water partition coefficient (Wildman–Crippen LogP) is 4.05. The number of piperazine rings is 1. The zero-order chi connectivity index (χ0) is 41.4. The van der Waals surface area contributed by atoms with Gasteiger partial charge in [0.2, 0.25) is 23.7 Å². The van der Waals surface area contributed by atoms with Crippen LogP contribution in [0.25, 0.3) is 28.1 Å². The zero-order valence-corrected chi connectivity index (χ0v) is 34.0. The minimum absolute atomic E-state index is 0.0150. The number of aryl methyl sites for hydroxylation is 1. The first-order valence-electron chi connectivity index (χ1n) is 19.5. The van der Waals surface area contributed by atoms with Gasteiger partial charge in [-0.05, 0) is 53.8 Å². The van der Waals surface area contributed by atoms with Crippen molar-refractivity contribution in [1.82, 2.24) is 25.1 Å². The molecule has 58 heavy (non-hydrogen) atoms. The normalized spacial score (nSPS) is 13.7. The van der Waals surface area contributed by atoms with Gasteiger partial charge in [-0.1, -0.05) is 30.3 Å². The highest BCUT2D eigenvalue weighted by Crippen LogP contribution is 2.43. The van der Waals surface area contributed by atoms with Crippen molar-refractivity contribution in [2.24, 2.45) is 0 Å². The Kier molecular flexibility index (Phi) is 17.0. The van der Waals surface area contributed by atoms with Gasteiger partial charge in [0.1, 0.15) is 17.1 Å². The van der Waals surface area contributed by atoms with Crippen LogP contribution in [-0.4, -0.2) is 148 Å². The van der Waals surface area contributed by atoms with E-state index in [0.29, 0.717) is 115 Å². The summed E-state index contributed by atoms with van der Waals surface area (Å²) in [6.45, 7) is 11.0. The van der Waals surface area contributed by atoms with Crippen LogP contribution in [0.5, 0.6) is 5.75 Å². The Labute approximate surface area is 343 Å². The first-order valence-corrected chi connectivity index (χ1v) is 19.9. The SMILES string of the molecule is C=CC(=O)N1CCN(c2nc(NCCC(=O)N(C)CCOCCOCCOCCOCCNC(C)=O)nc3c(F)c(-c4cc(O)cc5c4C=CCC5)c(Cl)cc23)CC1. The van der Waals surface area contributed by atoms with E-state index < -0.39 is 5.82 Å². The van der Waals surface area contributed by atoms with E-state index in [9.17, 15) is 19.5 Å². The smallest absolute Gasteiger partial charge is 0.246 e. The Bertz CT molecular complexity index is 1940. The lowest BCUT2D eigenvalue weighted by Gasteiger charge is -2.35. The number of nitrogens with one attached hydrogen (secondary N) is 2. The van der Waals surface area contributed by atoms with Gasteiger partial charge in [0.25, 0.3) is 0 Å². The lowest BCUT2D eigenvalue weighted by Crippen LogP contribution is -2.48. The number of carbonyl (C=O) groups is 3. The van der Waals surface area contributed by atoms with Crippen molar-refractivity contribution in [3.05, 3.63) is 58.9 Å². The number of hydrogen-bond donors (Lipinski definition) is 3. The summed E-state index contributed by atoms with van der Waals surface area (Å²) in [4.78, 5) is 50.7. The van der Waals surface area contributed by atoms with Gasteiger partial charge in [-0.2, -0.15) is 4.98 Å². The van der Waals surface area contributed by atoms with Gasteiger partial charge < -0.3 is 49.4 Å². The highest BCUT2D eigenvalue weighted by Gasteiger charge is 2.27. The van der Waals surface area contributed by atoms with E-state index >= 15 is 4.39 Å². The number of aromatic nitrogens is 2. The second-order valence-electron chi connectivity index (χ2n) is 13.8. The standard InChI is InChI=1S/C41H53ClFN7O8/c1-4-35(53)49-12-14-50(15-13-49)40-33-27-34(42)37(32-26-30(52)25-29-7-5-6-8-31(29)32)38(43)39(33)46-41(47-40)45-10-9-36(54)48(3)16-18-56-20-22-58-24-23-57-21-19-55-17-11-44-28(2)51/h4,6,8,25-27,52H,1,5,7,9-24H2,2-3H3,(H,44,51)(H,45,46,47). The Morgan fingerprint density at radius 3 is 2.31 bits per heavy atom. The first kappa shape index (κ1) is 44.2. The maximum Gasteiger partial charge on any atom is 0.246 e. The molecule has 1 aliphatic carbocycles. The summed E-state index contributed by atoms with van der Waals surface area (Å²) < 4.78 is 38.8. The molecule has 1 fully saturated rings. The van der Waals surface area contributed by atoms with Crippen LogP contribution in [-0.2, 0) is 39.8 Å². The highest BCUT2D eigenvalue weighted by molar-refractivity contribution is 6.34. The van der Waals surface area contributed by atoms with E-state index in [0.717, 1.165) is 17.5 Å². The summed E-state index contributed by atoms with van der Waals surface area (Å²) >= 11 is 6.86. The molecule has 17 heteroatoms. The third kappa shape index (κ3) is 12.3. The summed E-state index contributed by atoms with van der Waals surface area (Å²) in [6, 6.07) is 4.86. The largest absolute Gasteiger partial charge is 0.508 e. The number of rotatable bonds is 22. The maximum absolute atomic E-state index is 16.9. The van der Waals surface area contributed by atoms with Gasteiger partial charge in [-0.25, -0.2) is 9.37 Å². The van der Waals surface area contributed by atoms with Crippen molar-refractivity contribution in [3.8, 4) is 16.9 Å². The van der Waals surface area contributed by atoms with Crippen LogP contribution in [0.4, 0.5) is 16.2 Å². The maximum atomic E-state index is 16.9. The molecular formula is C41H53ClFN7O8. The van der Waals surface area contributed by atoms with Gasteiger partial charge in [-0.3, -0.25) is 14.4 Å². The fourth-order valence-corrected chi connectivity index (χ4v) is 6.91. The molecule has 15 nitrogen and oxygen atoms in total. The minimum Gasteiger partial charge on any atom is -0.508 e. The number of anilines is 2. The number of ether oxygens (including phenoxy) is 4. The molecule has 3 aromatic rings. The van der Waals surface area contributed by atoms with Gasteiger partial charge >= 0.3 is 0 Å². The number of fused-ring (bicyclic) bond motifs is 2. The molecular weight excluding hydrogens is 773 g/mol. The van der Waals surface area contributed by atoms with Crippen LogP contribution in [0.15, 0.2) is 36.9 Å². The molecule has 0 atom stereocenters. The molecule has 0 spiro atoms. The third-order valence-electron chi connectivity index (χ3n) is 9.67. The van der Waals surface area contributed by atoms with Crippen molar-refractivity contribution < 1.29 is 42.8 Å². The molecule has 2 aliphatic rings. The number of phenols is 1. The molecule has 0 unspecified atom stereocenters. The van der Waals surface area contributed by atoms with Crippen LogP contribution in [0.1, 0.15) is 30.9 Å². The molecule has 1 aromatic heterocycles. The average Bonchev–Trinajstić information content (AvgIpc) is 3.21. The van der Waals surface area contributed by atoms with Crippen molar-refractivity contribution >= 4 is 58.1 Å². The van der Waals surface area contributed by atoms with Crippen molar-refractivity contribution in [1.29, 1.82) is 0 Å². The molecule has 2 aromatic carbocycles. The minimum atomic E-state index is -0.658. The van der Waals surface area contributed by atoms with Crippen molar-refractivity contribution in [2.45, 2.75) is 26.2 Å². The molecule has 1 aliphatic heterocycles. The number of phenolic OH excluding ortho intramolecular Hbond substituents is 1. The number of aromatic hydroxyl groups is 1. The van der Waals surface area contributed by atoms with E-state index in [1.165, 1.54) is 19.1 Å². The van der Waals surface area contributed by atoms with Gasteiger partial charge in [-0.15, -0.1) is 0 Å². The number of carbonyl (C=O) groups excluding carboxylic acids is 3. The van der Waals surface area contributed by atoms with E-state index in [-0.39, 0.29) is 58.5 Å². The number of hydrogen-bond acceptors (Lipinski definition) is 12. The summed E-state index contributed by atoms with van der Waals surface area (Å²) in [5.74, 6) is -0.451. The monoisotopic (exact) mass is 825 g/mol. The van der Waals surface area contributed by atoms with E-state index in [1.54, 1.807) is 29.0 Å². The van der Waals surface area contributed by atoms with E-state index in [1.807, 2.05) is 17.1 Å². The molecule has 314 valence electrons. The first-order chi connectivity index (χ1) is 28.1. The number of benzene rings is 2. The number of halogens is 2. The molecule has 0 saturated carbocycles. The molecule has 0 bridgehead atoms. The van der Waals surface area contributed by atoms with Crippen LogP contribution >= 0.6 is 11.6 Å². The molecule has 5 rings (SSSR count). The average molecular weight is 826 g/mol. The van der Waals surface area contributed by atoms with E-state index in [2.05, 4.69) is 22.2 Å². The predicted molar refractivity (Wildman–Crippen MR) is 221 cm³/mol. The highest BCUT2D eigenvalue weighted by atomic mass is 35.5. The van der Waals surface area contributed by atoms with Gasteiger partial charge in [0.05, 0.1) is 57.9 Å². The molecule has 0 radical (unpaired) electrons. The number of amides is 3. The topological polar surface area (TPSA) is 168 Å². The van der Waals surface area contributed by atoms with Crippen LogP contribution < -0.4 is 15.5 Å². The molecule has 1 saturated heterocycles. The summed E-state index contributed by atoms with van der Waals surface area (Å²) in [6.07, 6.45) is 6.85. The third-order valence-corrected chi connectivity index (χ3v) is 9.97. The number of allylic oxidation sites excluding steroid dienone is 1. The Hall–Kier alpha value is -4.87. The second kappa shape index (κ2) is 22.3. The summed E-state index contributed by atoms with van der Waals surface area (Å²) in [5.41, 5.74) is 2.31. The molecule has 2 heterocycles. The quantitative estimate of drug-likeness (QED) is 0.0985. The molecule has 3 N–H and O–H groups in total. The fourth-order valence-electron chi connectivity index (χ4n) is 6.62. The summed E-state index contributed by atoms with van der Waals surface area (Å²) in [7, 11) is 1.69. The van der Waals surface area contributed by atoms with Crippen molar-refractivity contribution in [3.63, 3.8) is 0 Å². The zero-order valence-electron chi connectivity index (χ0n) is 33.2. The Morgan fingerprint density at radius 1 is 0.966 bits per heavy atom. The Balaban J connectivity index is 1.15. The van der Waals surface area contributed by atoms with Crippen LogP contribution in [0.2, 0.25) is 5.02 Å². The summed E-state index contributed by atoms with van der Waals surface area (Å²) in [5, 5.41) is 16.9. The fraction of sp³-hybridized carbons (Fsp3) is 0.488. The Morgan fingerprint density at radius 2 is 1.64 bits per heavy atom.